The number of benzene rings is 2. The van der Waals surface area contributed by atoms with Crippen LogP contribution in [-0.2, 0) is 6.54 Å². The summed E-state index contributed by atoms with van der Waals surface area (Å²) in [6.45, 7) is 5.79. The summed E-state index contributed by atoms with van der Waals surface area (Å²) >= 11 is 0. The second kappa shape index (κ2) is 13.5. The maximum Gasteiger partial charge on any atom is 0.264 e. The van der Waals surface area contributed by atoms with E-state index in [0.29, 0.717) is 35.1 Å². The predicted octanol–water partition coefficient (Wildman–Crippen LogP) is 5.34. The van der Waals surface area contributed by atoms with Crippen molar-refractivity contribution in [2.45, 2.75) is 19.9 Å². The minimum absolute atomic E-state index is 0. The number of aryl methyl sites for hydroxylation is 1. The van der Waals surface area contributed by atoms with Gasteiger partial charge in [0.15, 0.2) is 0 Å². The molecule has 0 bridgehead atoms. The third-order valence-corrected chi connectivity index (χ3v) is 6.89. The van der Waals surface area contributed by atoms with Crippen molar-refractivity contribution in [2.75, 3.05) is 43.9 Å². The van der Waals surface area contributed by atoms with Gasteiger partial charge in [0.05, 0.1) is 5.69 Å². The Morgan fingerprint density at radius 2 is 1.78 bits per heavy atom. The second-order valence-corrected chi connectivity index (χ2v) is 9.80. The predicted molar refractivity (Wildman–Crippen MR) is 157 cm³/mol. The first kappa shape index (κ1) is 29.9. The highest BCUT2D eigenvalue weighted by Gasteiger charge is 2.20. The van der Waals surface area contributed by atoms with Crippen molar-refractivity contribution >= 4 is 35.6 Å². The summed E-state index contributed by atoms with van der Waals surface area (Å²) in [4.78, 5) is 34.3. The van der Waals surface area contributed by atoms with Crippen LogP contribution in [0.3, 0.4) is 0 Å². The summed E-state index contributed by atoms with van der Waals surface area (Å²) in [5.74, 6) is -0.101. The molecule has 2 aromatic carbocycles. The zero-order valence-electron chi connectivity index (χ0n) is 22.7. The molecule has 12 heteroatoms. The first-order chi connectivity index (χ1) is 19.4. The van der Waals surface area contributed by atoms with Crippen molar-refractivity contribution < 1.29 is 13.6 Å². The topological polar surface area (TPSA) is 99.2 Å². The zero-order valence-corrected chi connectivity index (χ0v) is 23.5. The van der Waals surface area contributed by atoms with E-state index in [1.54, 1.807) is 48.9 Å². The van der Waals surface area contributed by atoms with Gasteiger partial charge in [-0.3, -0.25) is 9.69 Å². The van der Waals surface area contributed by atoms with Gasteiger partial charge in [-0.1, -0.05) is 12.1 Å². The molecule has 2 N–H and O–H groups in total. The van der Waals surface area contributed by atoms with E-state index in [1.807, 2.05) is 13.0 Å². The maximum absolute atomic E-state index is 14.0. The number of nitrogens with one attached hydrogen (secondary N) is 2. The minimum atomic E-state index is -2.68. The number of rotatable bonds is 8. The third-order valence-electron chi connectivity index (χ3n) is 6.89. The van der Waals surface area contributed by atoms with Crippen molar-refractivity contribution in [3.05, 3.63) is 89.6 Å². The van der Waals surface area contributed by atoms with Crippen molar-refractivity contribution in [1.82, 2.24) is 29.7 Å². The van der Waals surface area contributed by atoms with Crippen molar-refractivity contribution in [3.8, 4) is 11.3 Å². The van der Waals surface area contributed by atoms with Gasteiger partial charge < -0.3 is 15.5 Å². The molecule has 1 saturated heterocycles. The Bertz CT molecular complexity index is 1480. The number of hydrogen-bond donors (Lipinski definition) is 2. The molecule has 41 heavy (non-hydrogen) atoms. The van der Waals surface area contributed by atoms with Gasteiger partial charge in [0.2, 0.25) is 5.95 Å². The minimum Gasteiger partial charge on any atom is -0.324 e. The molecule has 0 spiro atoms. The van der Waals surface area contributed by atoms with Gasteiger partial charge in [-0.2, -0.15) is 0 Å². The molecule has 2 aromatic heterocycles. The molecule has 0 radical (unpaired) electrons. The number of aromatic nitrogens is 4. The van der Waals surface area contributed by atoms with Crippen LogP contribution < -0.4 is 10.6 Å². The Morgan fingerprint density at radius 1 is 1.02 bits per heavy atom. The van der Waals surface area contributed by atoms with Gasteiger partial charge in [-0.15, -0.1) is 12.4 Å². The molecule has 1 aliphatic heterocycles. The number of anilines is 3. The molecule has 1 amide bonds. The Hall–Kier alpha value is -4.06. The molecule has 5 rings (SSSR count). The average molecular weight is 581 g/mol. The largest absolute Gasteiger partial charge is 0.324 e. The average Bonchev–Trinajstić information content (AvgIpc) is 2.96. The second-order valence-electron chi connectivity index (χ2n) is 9.80. The number of nitrogens with zero attached hydrogens (tertiary/aromatic N) is 6. The van der Waals surface area contributed by atoms with E-state index < -0.39 is 12.3 Å². The summed E-state index contributed by atoms with van der Waals surface area (Å²) in [7, 11) is 2.05. The summed E-state index contributed by atoms with van der Waals surface area (Å²) in [5.41, 5.74) is 4.12. The van der Waals surface area contributed by atoms with Crippen LogP contribution in [0.2, 0.25) is 0 Å². The SMILES string of the molecule is Cc1ccc(NC(=O)c2ccc(CN3CCN(C)CC3)c(C(F)F)c2)cc1Nc1nccc(-c2cncnc2)n1.Cl. The number of piperazine rings is 1. The highest BCUT2D eigenvalue weighted by molar-refractivity contribution is 6.04. The number of hydrogen-bond acceptors (Lipinski definition) is 8. The summed E-state index contributed by atoms with van der Waals surface area (Å²) in [5, 5.41) is 6.01. The van der Waals surface area contributed by atoms with E-state index in [9.17, 15) is 13.6 Å². The van der Waals surface area contributed by atoms with Crippen molar-refractivity contribution in [2.24, 2.45) is 0 Å². The number of halogens is 3. The first-order valence-electron chi connectivity index (χ1n) is 12.9. The van der Waals surface area contributed by atoms with E-state index in [-0.39, 0.29) is 23.5 Å². The monoisotopic (exact) mass is 580 g/mol. The van der Waals surface area contributed by atoms with Gasteiger partial charge in [-0.05, 0) is 55.4 Å². The first-order valence-corrected chi connectivity index (χ1v) is 12.9. The Kier molecular flexibility index (Phi) is 9.87. The quantitative estimate of drug-likeness (QED) is 0.288. The lowest BCUT2D eigenvalue weighted by atomic mass is 10.0. The summed E-state index contributed by atoms with van der Waals surface area (Å²) in [6.07, 6.45) is 3.73. The highest BCUT2D eigenvalue weighted by Crippen LogP contribution is 2.28. The Balaban J connectivity index is 0.00000387. The standard InChI is InChI=1S/C29H30F2N8O.ClH/c1-19-3-6-23(14-26(19)37-29-34-8-7-25(36-29)22-15-32-18-33-16-22)35-28(40)20-4-5-21(24(13-20)27(30)31)17-39-11-9-38(2)10-12-39;/h3-8,13-16,18,27H,9-12,17H2,1-2H3,(H,35,40)(H,34,36,37);1H. The van der Waals surface area contributed by atoms with Crippen LogP contribution >= 0.6 is 12.4 Å². The van der Waals surface area contributed by atoms with Gasteiger partial charge in [0, 0.05) is 79.4 Å². The number of amides is 1. The maximum atomic E-state index is 14.0. The van der Waals surface area contributed by atoms with Crippen LogP contribution in [-0.4, -0.2) is 68.9 Å². The molecular formula is C29H31ClF2N8O. The molecule has 9 nitrogen and oxygen atoms in total. The van der Waals surface area contributed by atoms with E-state index in [0.717, 1.165) is 37.3 Å². The highest BCUT2D eigenvalue weighted by atomic mass is 35.5. The van der Waals surface area contributed by atoms with Gasteiger partial charge in [-0.25, -0.2) is 28.7 Å². The fraction of sp³-hybridized carbons (Fsp3) is 0.276. The lowest BCUT2D eigenvalue weighted by molar-refractivity contribution is 0.102. The molecule has 1 fully saturated rings. The van der Waals surface area contributed by atoms with E-state index in [1.165, 1.54) is 12.4 Å². The van der Waals surface area contributed by atoms with Gasteiger partial charge >= 0.3 is 0 Å². The zero-order chi connectivity index (χ0) is 28.1. The van der Waals surface area contributed by atoms with Gasteiger partial charge in [0.1, 0.15) is 6.33 Å². The van der Waals surface area contributed by atoms with E-state index in [4.69, 9.17) is 0 Å². The molecule has 0 atom stereocenters. The van der Waals surface area contributed by atoms with Crippen LogP contribution in [0, 0.1) is 6.92 Å². The molecule has 4 aromatic rings. The van der Waals surface area contributed by atoms with Crippen molar-refractivity contribution in [3.63, 3.8) is 0 Å². The normalized spacial score (nSPS) is 14.0. The van der Waals surface area contributed by atoms with Crippen LogP contribution in [0.4, 0.5) is 26.1 Å². The number of carbonyl (C=O) groups excluding carboxylic acids is 1. The summed E-state index contributed by atoms with van der Waals surface area (Å²) < 4.78 is 27.9. The van der Waals surface area contributed by atoms with E-state index in [2.05, 4.69) is 47.4 Å². The molecule has 0 aliphatic carbocycles. The molecule has 0 unspecified atom stereocenters. The van der Waals surface area contributed by atoms with Crippen LogP contribution in [0.15, 0.2) is 67.4 Å². The molecule has 0 saturated carbocycles. The van der Waals surface area contributed by atoms with Crippen LogP contribution in [0.1, 0.15) is 33.5 Å². The lowest BCUT2D eigenvalue weighted by Gasteiger charge is -2.32. The smallest absolute Gasteiger partial charge is 0.264 e. The third kappa shape index (κ3) is 7.57. The van der Waals surface area contributed by atoms with Gasteiger partial charge in [0.25, 0.3) is 12.3 Å². The Labute approximate surface area is 243 Å². The van der Waals surface area contributed by atoms with Crippen LogP contribution in [0.25, 0.3) is 11.3 Å². The molecule has 214 valence electrons. The van der Waals surface area contributed by atoms with E-state index >= 15 is 0 Å². The summed E-state index contributed by atoms with van der Waals surface area (Å²) in [6, 6.07) is 11.7. The molecule has 3 heterocycles. The number of likely N-dealkylation sites (N-methyl/N-ethyl adjacent to an activating group) is 1. The fourth-order valence-corrected chi connectivity index (χ4v) is 4.50. The number of alkyl halides is 2. The Morgan fingerprint density at radius 3 is 2.51 bits per heavy atom. The molecule has 1 aliphatic rings. The van der Waals surface area contributed by atoms with Crippen LogP contribution in [0.5, 0.6) is 0 Å². The molecular weight excluding hydrogens is 550 g/mol. The van der Waals surface area contributed by atoms with Crippen molar-refractivity contribution in [1.29, 1.82) is 0 Å². The fourth-order valence-electron chi connectivity index (χ4n) is 4.50. The number of carbonyl (C=O) groups is 1. The lowest BCUT2D eigenvalue weighted by Crippen LogP contribution is -2.44.